The van der Waals surface area contributed by atoms with Crippen molar-refractivity contribution in [3.8, 4) is 0 Å². The first-order valence-corrected chi connectivity index (χ1v) is 4.41. The lowest BCUT2D eigenvalue weighted by atomic mass is 10.3. The summed E-state index contributed by atoms with van der Waals surface area (Å²) in [6.45, 7) is 0.519. The Morgan fingerprint density at radius 1 is 1.43 bits per heavy atom. The van der Waals surface area contributed by atoms with Gasteiger partial charge in [0.25, 0.3) is 0 Å². The number of nitrogens with zero attached hydrogens (tertiary/aromatic N) is 1. The maximum atomic E-state index is 11.4. The highest BCUT2D eigenvalue weighted by Crippen LogP contribution is 2.18. The lowest BCUT2D eigenvalue weighted by Gasteiger charge is -2.14. The summed E-state index contributed by atoms with van der Waals surface area (Å²) in [5.41, 5.74) is 6.17. The first-order valence-electron chi connectivity index (χ1n) is 4.41. The second-order valence-corrected chi connectivity index (χ2v) is 3.38. The highest BCUT2D eigenvalue weighted by atomic mass is 16.2. The molecule has 0 aliphatic carbocycles. The van der Waals surface area contributed by atoms with Crippen molar-refractivity contribution in [3.63, 3.8) is 0 Å². The van der Waals surface area contributed by atoms with Gasteiger partial charge in [-0.25, -0.2) is 0 Å². The van der Waals surface area contributed by atoms with E-state index in [2.05, 4.69) is 4.98 Å². The van der Waals surface area contributed by atoms with E-state index in [1.54, 1.807) is 11.0 Å². The molecule has 5 nitrogen and oxygen atoms in total. The Morgan fingerprint density at radius 2 is 2.21 bits per heavy atom. The van der Waals surface area contributed by atoms with Gasteiger partial charge < -0.3 is 15.6 Å². The average molecular weight is 193 g/mol. The Labute approximate surface area is 80.5 Å². The fourth-order valence-corrected chi connectivity index (χ4v) is 1.56. The first-order chi connectivity index (χ1) is 6.66. The number of amides is 1. The standard InChI is InChI=1S/C9H11N3O2/c10-6-3-9(14)12(5-6)7-1-2-8(13)11-4-7/h1-2,4,6H,3,5,10H2,(H,11,13). The molecule has 0 saturated carbocycles. The molecule has 0 aromatic carbocycles. The molecule has 1 saturated heterocycles. The van der Waals surface area contributed by atoms with Gasteiger partial charge in [0.05, 0.1) is 5.69 Å². The maximum Gasteiger partial charge on any atom is 0.248 e. The number of nitrogens with two attached hydrogens (primary N) is 1. The third-order valence-electron chi connectivity index (χ3n) is 2.23. The molecule has 5 heteroatoms. The van der Waals surface area contributed by atoms with Crippen LogP contribution in [0.1, 0.15) is 6.42 Å². The summed E-state index contributed by atoms with van der Waals surface area (Å²) in [4.78, 5) is 26.3. The summed E-state index contributed by atoms with van der Waals surface area (Å²) < 4.78 is 0. The minimum Gasteiger partial charge on any atom is -0.327 e. The Hall–Kier alpha value is -1.62. The van der Waals surface area contributed by atoms with Crippen LogP contribution in [0.4, 0.5) is 5.69 Å². The van der Waals surface area contributed by atoms with Crippen molar-refractivity contribution in [1.82, 2.24) is 4.98 Å². The molecule has 3 N–H and O–H groups in total. The molecule has 74 valence electrons. The molecule has 1 fully saturated rings. The van der Waals surface area contributed by atoms with Crippen LogP contribution in [0.5, 0.6) is 0 Å². The molecule has 1 aromatic rings. The number of rotatable bonds is 1. The predicted octanol–water partition coefficient (Wildman–Crippen LogP) is -0.561. The van der Waals surface area contributed by atoms with Crippen LogP contribution in [0.15, 0.2) is 23.1 Å². The fourth-order valence-electron chi connectivity index (χ4n) is 1.56. The highest BCUT2D eigenvalue weighted by molar-refractivity contribution is 5.95. The third kappa shape index (κ3) is 1.54. The van der Waals surface area contributed by atoms with E-state index < -0.39 is 0 Å². The van der Waals surface area contributed by atoms with E-state index in [0.717, 1.165) is 0 Å². The van der Waals surface area contributed by atoms with Crippen molar-refractivity contribution in [1.29, 1.82) is 0 Å². The minimum atomic E-state index is -0.176. The molecule has 1 aliphatic heterocycles. The second kappa shape index (κ2) is 3.26. The fraction of sp³-hybridized carbons (Fsp3) is 0.333. The van der Waals surface area contributed by atoms with Crippen LogP contribution in [0, 0.1) is 0 Å². The van der Waals surface area contributed by atoms with Crippen LogP contribution in [-0.2, 0) is 4.79 Å². The second-order valence-electron chi connectivity index (χ2n) is 3.38. The molecule has 14 heavy (non-hydrogen) atoms. The van der Waals surface area contributed by atoms with E-state index in [-0.39, 0.29) is 17.5 Å². The van der Waals surface area contributed by atoms with Gasteiger partial charge in [-0.2, -0.15) is 0 Å². The van der Waals surface area contributed by atoms with Gasteiger partial charge >= 0.3 is 0 Å². The van der Waals surface area contributed by atoms with E-state index in [1.807, 2.05) is 0 Å². The van der Waals surface area contributed by atoms with E-state index in [9.17, 15) is 9.59 Å². The number of aromatic amines is 1. The lowest BCUT2D eigenvalue weighted by Crippen LogP contribution is -2.28. The van der Waals surface area contributed by atoms with Crippen molar-refractivity contribution in [3.05, 3.63) is 28.7 Å². The summed E-state index contributed by atoms with van der Waals surface area (Å²) in [6.07, 6.45) is 1.90. The van der Waals surface area contributed by atoms with Gasteiger partial charge in [0, 0.05) is 31.3 Å². The van der Waals surface area contributed by atoms with Gasteiger partial charge in [0.2, 0.25) is 11.5 Å². The minimum absolute atomic E-state index is 0.00421. The number of carbonyl (C=O) groups is 1. The molecular weight excluding hydrogens is 182 g/mol. The Bertz CT molecular complexity index is 392. The molecule has 1 atom stereocenters. The topological polar surface area (TPSA) is 79.2 Å². The highest BCUT2D eigenvalue weighted by Gasteiger charge is 2.27. The van der Waals surface area contributed by atoms with Gasteiger partial charge in [-0.1, -0.05) is 0 Å². The number of hydrogen-bond donors (Lipinski definition) is 2. The molecule has 1 aromatic heterocycles. The molecular formula is C9H11N3O2. The zero-order valence-corrected chi connectivity index (χ0v) is 7.56. The molecule has 1 aliphatic rings. The van der Waals surface area contributed by atoms with Gasteiger partial charge in [-0.15, -0.1) is 0 Å². The normalized spacial score (nSPS) is 21.6. The van der Waals surface area contributed by atoms with Crippen LogP contribution in [0.2, 0.25) is 0 Å². The van der Waals surface area contributed by atoms with Crippen molar-refractivity contribution in [2.75, 3.05) is 11.4 Å². The zero-order chi connectivity index (χ0) is 10.1. The first kappa shape index (κ1) is 8.96. The molecule has 2 rings (SSSR count). The lowest BCUT2D eigenvalue weighted by molar-refractivity contribution is -0.117. The molecule has 1 amide bonds. The SMILES string of the molecule is NC1CC(=O)N(c2ccc(=O)[nH]c2)C1. The number of H-pyrrole nitrogens is 1. The average Bonchev–Trinajstić information content (AvgIpc) is 2.47. The molecule has 1 unspecified atom stereocenters. The summed E-state index contributed by atoms with van der Waals surface area (Å²) in [5, 5.41) is 0. The molecule has 0 radical (unpaired) electrons. The van der Waals surface area contributed by atoms with Crippen LogP contribution in [-0.4, -0.2) is 23.5 Å². The van der Waals surface area contributed by atoms with Gasteiger partial charge in [0.15, 0.2) is 0 Å². The van der Waals surface area contributed by atoms with E-state index in [4.69, 9.17) is 5.73 Å². The van der Waals surface area contributed by atoms with Crippen LogP contribution in [0.25, 0.3) is 0 Å². The number of anilines is 1. The van der Waals surface area contributed by atoms with Crippen LogP contribution in [0.3, 0.4) is 0 Å². The van der Waals surface area contributed by atoms with Crippen LogP contribution >= 0.6 is 0 Å². The number of carbonyl (C=O) groups excluding carboxylic acids is 1. The summed E-state index contributed by atoms with van der Waals surface area (Å²) in [6, 6.07) is 2.91. The van der Waals surface area contributed by atoms with Crippen molar-refractivity contribution < 1.29 is 4.79 Å². The van der Waals surface area contributed by atoms with Crippen LogP contribution < -0.4 is 16.2 Å². The van der Waals surface area contributed by atoms with E-state index in [1.165, 1.54) is 12.3 Å². The van der Waals surface area contributed by atoms with Crippen molar-refractivity contribution in [2.45, 2.75) is 12.5 Å². The van der Waals surface area contributed by atoms with Gasteiger partial charge in [-0.05, 0) is 6.07 Å². The number of nitrogens with one attached hydrogen (secondary N) is 1. The largest absolute Gasteiger partial charge is 0.327 e. The summed E-state index contributed by atoms with van der Waals surface area (Å²) in [7, 11) is 0. The number of pyridine rings is 1. The smallest absolute Gasteiger partial charge is 0.248 e. The van der Waals surface area contributed by atoms with E-state index >= 15 is 0 Å². The molecule has 0 spiro atoms. The van der Waals surface area contributed by atoms with Crippen molar-refractivity contribution >= 4 is 11.6 Å². The molecule has 2 heterocycles. The number of aromatic nitrogens is 1. The Balaban J connectivity index is 2.27. The van der Waals surface area contributed by atoms with Gasteiger partial charge in [0.1, 0.15) is 0 Å². The third-order valence-corrected chi connectivity index (χ3v) is 2.23. The van der Waals surface area contributed by atoms with Crippen molar-refractivity contribution in [2.24, 2.45) is 5.73 Å². The Morgan fingerprint density at radius 3 is 2.71 bits per heavy atom. The quantitative estimate of drug-likeness (QED) is 0.627. The maximum absolute atomic E-state index is 11.4. The predicted molar refractivity (Wildman–Crippen MR) is 52.0 cm³/mol. The monoisotopic (exact) mass is 193 g/mol. The summed E-state index contributed by atoms with van der Waals surface area (Å²) >= 11 is 0. The Kier molecular flexibility index (Phi) is 2.09. The molecule has 0 bridgehead atoms. The number of hydrogen-bond acceptors (Lipinski definition) is 3. The zero-order valence-electron chi connectivity index (χ0n) is 7.56. The van der Waals surface area contributed by atoms with E-state index in [0.29, 0.717) is 18.7 Å². The van der Waals surface area contributed by atoms with Gasteiger partial charge in [-0.3, -0.25) is 9.59 Å². The summed E-state index contributed by atoms with van der Waals surface area (Å²) in [5.74, 6) is 0.00421.